The zero-order valence-corrected chi connectivity index (χ0v) is 11.7. The maximum Gasteiger partial charge on any atom is 0.314 e. The normalized spacial score (nSPS) is 18.5. The summed E-state index contributed by atoms with van der Waals surface area (Å²) in [6, 6.07) is -0.258. The van der Waals surface area contributed by atoms with Crippen LogP contribution in [-0.2, 0) is 4.74 Å². The topological polar surface area (TPSA) is 70.6 Å². The Hall–Kier alpha value is -0.810. The van der Waals surface area contributed by atoms with E-state index in [1.54, 1.807) is 6.92 Å². The molecule has 0 spiro atoms. The van der Waals surface area contributed by atoms with Crippen LogP contribution in [-0.4, -0.2) is 43.0 Å². The van der Waals surface area contributed by atoms with Crippen molar-refractivity contribution in [2.75, 3.05) is 26.3 Å². The summed E-state index contributed by atoms with van der Waals surface area (Å²) in [6.45, 7) is 7.67. The second kappa shape index (κ2) is 6.95. The zero-order valence-electron chi connectivity index (χ0n) is 11.7. The Morgan fingerprint density at radius 3 is 2.67 bits per heavy atom. The van der Waals surface area contributed by atoms with Gasteiger partial charge in [-0.2, -0.15) is 0 Å². The lowest BCUT2D eigenvalue weighted by Gasteiger charge is -2.27. The summed E-state index contributed by atoms with van der Waals surface area (Å²) in [5.74, 6) is 0.847. The summed E-state index contributed by atoms with van der Waals surface area (Å²) in [5, 5.41) is 15.3. The molecule has 5 heteroatoms. The van der Waals surface area contributed by atoms with Crippen LogP contribution < -0.4 is 10.6 Å². The Labute approximate surface area is 109 Å². The summed E-state index contributed by atoms with van der Waals surface area (Å²) in [7, 11) is 0. The van der Waals surface area contributed by atoms with E-state index in [1.165, 1.54) is 12.8 Å². The van der Waals surface area contributed by atoms with Crippen molar-refractivity contribution in [2.24, 2.45) is 11.8 Å². The van der Waals surface area contributed by atoms with Gasteiger partial charge in [0.1, 0.15) is 0 Å². The van der Waals surface area contributed by atoms with E-state index in [4.69, 9.17) is 4.74 Å². The van der Waals surface area contributed by atoms with Crippen LogP contribution in [0.25, 0.3) is 0 Å². The Kier molecular flexibility index (Phi) is 5.88. The van der Waals surface area contributed by atoms with Crippen molar-refractivity contribution < 1.29 is 14.6 Å². The van der Waals surface area contributed by atoms with Gasteiger partial charge in [-0.1, -0.05) is 13.8 Å². The number of urea groups is 1. The van der Waals surface area contributed by atoms with Crippen molar-refractivity contribution in [3.8, 4) is 0 Å². The molecule has 0 aliphatic heterocycles. The van der Waals surface area contributed by atoms with Crippen LogP contribution >= 0.6 is 0 Å². The maximum absolute atomic E-state index is 11.4. The molecule has 1 atom stereocenters. The summed E-state index contributed by atoms with van der Waals surface area (Å²) < 4.78 is 5.40. The second-order valence-electron chi connectivity index (χ2n) is 5.64. The molecular weight excluding hydrogens is 232 g/mol. The van der Waals surface area contributed by atoms with E-state index in [0.29, 0.717) is 13.2 Å². The van der Waals surface area contributed by atoms with Crippen LogP contribution in [0.15, 0.2) is 0 Å². The predicted molar refractivity (Wildman–Crippen MR) is 70.4 cm³/mol. The molecule has 3 N–H and O–H groups in total. The third kappa shape index (κ3) is 6.21. The van der Waals surface area contributed by atoms with Gasteiger partial charge in [0.25, 0.3) is 0 Å². The number of carbonyl (C=O) groups is 1. The second-order valence-corrected chi connectivity index (χ2v) is 5.64. The molecule has 0 radical (unpaired) electrons. The van der Waals surface area contributed by atoms with E-state index in [2.05, 4.69) is 10.6 Å². The molecule has 0 bridgehead atoms. The molecule has 1 aliphatic carbocycles. The molecule has 106 valence electrons. The van der Waals surface area contributed by atoms with E-state index in [0.717, 1.165) is 12.5 Å². The summed E-state index contributed by atoms with van der Waals surface area (Å²) in [6.07, 6.45) is 2.55. The first-order chi connectivity index (χ1) is 8.42. The monoisotopic (exact) mass is 258 g/mol. The number of ether oxygens (including phenoxy) is 1. The molecule has 1 saturated carbocycles. The van der Waals surface area contributed by atoms with Crippen LogP contribution in [0, 0.1) is 11.8 Å². The fourth-order valence-electron chi connectivity index (χ4n) is 1.30. The third-order valence-corrected chi connectivity index (χ3v) is 3.43. The molecule has 0 aromatic heterocycles. The Balaban J connectivity index is 1.98. The van der Waals surface area contributed by atoms with E-state index in [1.807, 2.05) is 13.8 Å². The minimum atomic E-state index is -0.875. The van der Waals surface area contributed by atoms with E-state index in [9.17, 15) is 9.90 Å². The average Bonchev–Trinajstić information content (AvgIpc) is 3.10. The van der Waals surface area contributed by atoms with Gasteiger partial charge in [0.15, 0.2) is 0 Å². The number of rotatable bonds is 8. The molecule has 0 heterocycles. The molecule has 18 heavy (non-hydrogen) atoms. The SMILES string of the molecule is CC(C)C(C)(O)CNC(=O)NCCOCC1CC1. The van der Waals surface area contributed by atoms with Gasteiger partial charge < -0.3 is 20.5 Å². The first-order valence-corrected chi connectivity index (χ1v) is 6.73. The standard InChI is InChI=1S/C13H26N2O3/c1-10(2)13(3,17)9-15-12(16)14-6-7-18-8-11-4-5-11/h10-11,17H,4-9H2,1-3H3,(H2,14,15,16). The van der Waals surface area contributed by atoms with Gasteiger partial charge >= 0.3 is 6.03 Å². The largest absolute Gasteiger partial charge is 0.388 e. The first kappa shape index (κ1) is 15.2. The average molecular weight is 258 g/mol. The van der Waals surface area contributed by atoms with Gasteiger partial charge in [-0.15, -0.1) is 0 Å². The molecule has 5 nitrogen and oxygen atoms in total. The van der Waals surface area contributed by atoms with Crippen LogP contribution in [0.5, 0.6) is 0 Å². The van der Waals surface area contributed by atoms with E-state index < -0.39 is 5.60 Å². The number of aliphatic hydroxyl groups is 1. The van der Waals surface area contributed by atoms with Crippen LogP contribution in [0.3, 0.4) is 0 Å². The lowest BCUT2D eigenvalue weighted by Crippen LogP contribution is -2.47. The van der Waals surface area contributed by atoms with Crippen LogP contribution in [0.1, 0.15) is 33.6 Å². The fraction of sp³-hybridized carbons (Fsp3) is 0.923. The van der Waals surface area contributed by atoms with Crippen molar-refractivity contribution in [3.63, 3.8) is 0 Å². The highest BCUT2D eigenvalue weighted by Gasteiger charge is 2.25. The highest BCUT2D eigenvalue weighted by atomic mass is 16.5. The predicted octanol–water partition coefficient (Wildman–Crippen LogP) is 1.12. The highest BCUT2D eigenvalue weighted by Crippen LogP contribution is 2.28. The van der Waals surface area contributed by atoms with E-state index in [-0.39, 0.29) is 18.5 Å². The van der Waals surface area contributed by atoms with Gasteiger partial charge in [0, 0.05) is 19.7 Å². The van der Waals surface area contributed by atoms with Gasteiger partial charge in [0.05, 0.1) is 12.2 Å². The lowest BCUT2D eigenvalue weighted by atomic mass is 9.93. The smallest absolute Gasteiger partial charge is 0.314 e. The van der Waals surface area contributed by atoms with Gasteiger partial charge in [0.2, 0.25) is 0 Å². The molecular formula is C13H26N2O3. The van der Waals surface area contributed by atoms with Gasteiger partial charge in [-0.05, 0) is 31.6 Å². The van der Waals surface area contributed by atoms with Crippen molar-refractivity contribution >= 4 is 6.03 Å². The fourth-order valence-corrected chi connectivity index (χ4v) is 1.30. The molecule has 1 unspecified atom stereocenters. The van der Waals surface area contributed by atoms with Crippen molar-refractivity contribution in [3.05, 3.63) is 0 Å². The van der Waals surface area contributed by atoms with Crippen LogP contribution in [0.4, 0.5) is 4.79 Å². The number of hydrogen-bond acceptors (Lipinski definition) is 3. The molecule has 1 rings (SSSR count). The first-order valence-electron chi connectivity index (χ1n) is 6.73. The zero-order chi connectivity index (χ0) is 13.6. The summed E-state index contributed by atoms with van der Waals surface area (Å²) in [4.78, 5) is 11.4. The van der Waals surface area contributed by atoms with Crippen LogP contribution in [0.2, 0.25) is 0 Å². The molecule has 0 saturated heterocycles. The molecule has 0 aromatic rings. The number of hydrogen-bond donors (Lipinski definition) is 3. The Morgan fingerprint density at radius 2 is 2.11 bits per heavy atom. The van der Waals surface area contributed by atoms with E-state index >= 15 is 0 Å². The Bertz CT molecular complexity index is 263. The molecule has 0 aromatic carbocycles. The van der Waals surface area contributed by atoms with Gasteiger partial charge in [-0.25, -0.2) is 4.79 Å². The Morgan fingerprint density at radius 1 is 1.44 bits per heavy atom. The third-order valence-electron chi connectivity index (χ3n) is 3.43. The lowest BCUT2D eigenvalue weighted by molar-refractivity contribution is 0.0165. The van der Waals surface area contributed by atoms with Crippen molar-refractivity contribution in [1.82, 2.24) is 10.6 Å². The minimum Gasteiger partial charge on any atom is -0.388 e. The molecule has 1 aliphatic rings. The quantitative estimate of drug-likeness (QED) is 0.571. The molecule has 2 amide bonds. The maximum atomic E-state index is 11.4. The van der Waals surface area contributed by atoms with Crippen molar-refractivity contribution in [2.45, 2.75) is 39.2 Å². The highest BCUT2D eigenvalue weighted by molar-refractivity contribution is 5.73. The summed E-state index contributed by atoms with van der Waals surface area (Å²) >= 11 is 0. The molecule has 1 fully saturated rings. The van der Waals surface area contributed by atoms with Crippen molar-refractivity contribution in [1.29, 1.82) is 0 Å². The number of amides is 2. The summed E-state index contributed by atoms with van der Waals surface area (Å²) in [5.41, 5.74) is -0.875. The number of nitrogens with one attached hydrogen (secondary N) is 2. The van der Waals surface area contributed by atoms with Gasteiger partial charge in [-0.3, -0.25) is 0 Å². The minimum absolute atomic E-state index is 0.0969. The number of carbonyl (C=O) groups excluding carboxylic acids is 1.